The van der Waals surface area contributed by atoms with Crippen molar-refractivity contribution in [3.63, 3.8) is 0 Å². The average Bonchev–Trinajstić information content (AvgIpc) is 2.64. The molecule has 0 radical (unpaired) electrons. The van der Waals surface area contributed by atoms with E-state index in [9.17, 15) is 4.79 Å². The van der Waals surface area contributed by atoms with Crippen LogP contribution in [0, 0.1) is 5.92 Å². The predicted molar refractivity (Wildman–Crippen MR) is 68.2 cm³/mol. The Hall–Kier alpha value is -0.280. The van der Waals surface area contributed by atoms with E-state index >= 15 is 0 Å². The molecule has 3 fully saturated rings. The lowest BCUT2D eigenvalue weighted by Gasteiger charge is -2.28. The number of unbranched alkanes of at least 4 members (excludes halogenated alkanes) is 1. The number of ether oxygens (including phenoxy) is 1. The lowest BCUT2D eigenvalue weighted by molar-refractivity contribution is -0.123. The van der Waals surface area contributed by atoms with E-state index in [0.29, 0.717) is 12.3 Å². The molecule has 3 aliphatic rings. The second-order valence-corrected chi connectivity index (χ2v) is 5.59. The third-order valence-corrected chi connectivity index (χ3v) is 4.14. The van der Waals surface area contributed by atoms with Gasteiger partial charge in [-0.15, -0.1) is 11.6 Å². The maximum Gasteiger partial charge on any atom is 0.220 e. The summed E-state index contributed by atoms with van der Waals surface area (Å²) in [5.41, 5.74) is 0. The molecule has 98 valence electrons. The van der Waals surface area contributed by atoms with Crippen LogP contribution in [0.2, 0.25) is 0 Å². The summed E-state index contributed by atoms with van der Waals surface area (Å²) in [6, 6.07) is 0.242. The first-order valence-corrected chi connectivity index (χ1v) is 7.30. The minimum atomic E-state index is 0.161. The van der Waals surface area contributed by atoms with Crippen LogP contribution in [0.4, 0.5) is 0 Å². The van der Waals surface area contributed by atoms with Gasteiger partial charge in [0.05, 0.1) is 12.1 Å². The number of alkyl halides is 1. The first-order valence-electron chi connectivity index (χ1n) is 6.76. The van der Waals surface area contributed by atoms with Gasteiger partial charge in [0.15, 0.2) is 0 Å². The van der Waals surface area contributed by atoms with Gasteiger partial charge in [-0.25, -0.2) is 0 Å². The summed E-state index contributed by atoms with van der Waals surface area (Å²) in [5.74, 6) is 1.53. The number of halogens is 1. The minimum Gasteiger partial charge on any atom is -0.376 e. The van der Waals surface area contributed by atoms with Crippen LogP contribution < -0.4 is 5.32 Å². The third-order valence-electron chi connectivity index (χ3n) is 3.87. The SMILES string of the molecule is O=C(CCCCCl)NC1CCC2CCC1OC2. The summed E-state index contributed by atoms with van der Waals surface area (Å²) < 4.78 is 5.81. The number of nitrogens with one attached hydrogen (secondary N) is 1. The highest BCUT2D eigenvalue weighted by atomic mass is 35.5. The van der Waals surface area contributed by atoms with E-state index in [0.717, 1.165) is 38.2 Å². The zero-order valence-corrected chi connectivity index (χ0v) is 11.0. The highest BCUT2D eigenvalue weighted by molar-refractivity contribution is 6.17. The number of carbonyl (C=O) groups is 1. The third kappa shape index (κ3) is 3.85. The van der Waals surface area contributed by atoms with E-state index in [1.807, 2.05) is 0 Å². The minimum absolute atomic E-state index is 0.161. The monoisotopic (exact) mass is 259 g/mol. The van der Waals surface area contributed by atoms with Crippen molar-refractivity contribution in [2.45, 2.75) is 57.1 Å². The Morgan fingerprint density at radius 1 is 1.24 bits per heavy atom. The fourth-order valence-corrected chi connectivity index (χ4v) is 2.99. The molecule has 2 saturated heterocycles. The molecule has 0 aromatic rings. The summed E-state index contributed by atoms with van der Waals surface area (Å²) in [6.45, 7) is 0.892. The smallest absolute Gasteiger partial charge is 0.220 e. The van der Waals surface area contributed by atoms with Crippen molar-refractivity contribution in [3.8, 4) is 0 Å². The standard InChI is InChI=1S/C13H22ClNO2/c14-8-2-1-3-13(16)15-11-6-4-10-5-7-12(11)17-9-10/h10-12H,1-9H2,(H,15,16). The van der Waals surface area contributed by atoms with E-state index in [-0.39, 0.29) is 18.1 Å². The van der Waals surface area contributed by atoms with E-state index in [4.69, 9.17) is 16.3 Å². The molecule has 0 aromatic heterocycles. The number of amides is 1. The van der Waals surface area contributed by atoms with Gasteiger partial charge in [0.1, 0.15) is 0 Å². The molecule has 4 heteroatoms. The van der Waals surface area contributed by atoms with E-state index in [1.54, 1.807) is 0 Å². The number of hydrogen-bond acceptors (Lipinski definition) is 2. The van der Waals surface area contributed by atoms with Gasteiger partial charge in [-0.2, -0.15) is 0 Å². The molecule has 3 nitrogen and oxygen atoms in total. The quantitative estimate of drug-likeness (QED) is 0.609. The Labute approximate surface area is 108 Å². The van der Waals surface area contributed by atoms with Crippen LogP contribution in [0.3, 0.4) is 0 Å². The molecule has 0 aromatic carbocycles. The van der Waals surface area contributed by atoms with Crippen molar-refractivity contribution in [1.82, 2.24) is 5.32 Å². The van der Waals surface area contributed by atoms with Crippen LogP contribution in [-0.4, -0.2) is 30.5 Å². The summed E-state index contributed by atoms with van der Waals surface area (Å²) in [5, 5.41) is 3.14. The first-order chi connectivity index (χ1) is 8.29. The van der Waals surface area contributed by atoms with Gasteiger partial charge in [0, 0.05) is 18.9 Å². The molecule has 3 unspecified atom stereocenters. The Morgan fingerprint density at radius 2 is 2.06 bits per heavy atom. The van der Waals surface area contributed by atoms with Gasteiger partial charge in [-0.3, -0.25) is 4.79 Å². The average molecular weight is 260 g/mol. The van der Waals surface area contributed by atoms with E-state index < -0.39 is 0 Å². The number of rotatable bonds is 5. The van der Waals surface area contributed by atoms with Crippen LogP contribution in [0.1, 0.15) is 44.9 Å². The van der Waals surface area contributed by atoms with Gasteiger partial charge in [0.25, 0.3) is 0 Å². The van der Waals surface area contributed by atoms with Gasteiger partial charge in [-0.1, -0.05) is 0 Å². The molecule has 1 aliphatic carbocycles. The Bertz CT molecular complexity index is 252. The Morgan fingerprint density at radius 3 is 2.76 bits per heavy atom. The molecule has 17 heavy (non-hydrogen) atoms. The molecular formula is C13H22ClNO2. The molecule has 0 spiro atoms. The molecule has 1 amide bonds. The Balaban J connectivity index is 1.75. The van der Waals surface area contributed by atoms with Crippen molar-refractivity contribution in [2.24, 2.45) is 5.92 Å². The highest BCUT2D eigenvalue weighted by Crippen LogP contribution is 2.31. The number of carbonyl (C=O) groups excluding carboxylic acids is 1. The lowest BCUT2D eigenvalue weighted by atomic mass is 10.00. The van der Waals surface area contributed by atoms with Crippen molar-refractivity contribution in [1.29, 1.82) is 0 Å². The zero-order valence-electron chi connectivity index (χ0n) is 10.3. The molecule has 1 saturated carbocycles. The lowest BCUT2D eigenvalue weighted by Crippen LogP contribution is -2.44. The van der Waals surface area contributed by atoms with Crippen LogP contribution >= 0.6 is 11.6 Å². The normalized spacial score (nSPS) is 32.2. The molecule has 2 aliphatic heterocycles. The molecule has 2 bridgehead atoms. The van der Waals surface area contributed by atoms with Gasteiger partial charge in [0.2, 0.25) is 5.91 Å². The Kier molecular flexibility index (Phi) is 5.11. The van der Waals surface area contributed by atoms with Crippen molar-refractivity contribution in [3.05, 3.63) is 0 Å². The second-order valence-electron chi connectivity index (χ2n) is 5.21. The van der Waals surface area contributed by atoms with Gasteiger partial charge >= 0.3 is 0 Å². The fourth-order valence-electron chi connectivity index (χ4n) is 2.80. The van der Waals surface area contributed by atoms with Crippen molar-refractivity contribution >= 4 is 17.5 Å². The van der Waals surface area contributed by atoms with Gasteiger partial charge < -0.3 is 10.1 Å². The van der Waals surface area contributed by atoms with E-state index in [2.05, 4.69) is 5.32 Å². The second kappa shape index (κ2) is 6.60. The summed E-state index contributed by atoms with van der Waals surface area (Å²) >= 11 is 5.60. The molecule has 3 rings (SSSR count). The maximum atomic E-state index is 11.8. The maximum absolute atomic E-state index is 11.8. The van der Waals surface area contributed by atoms with Gasteiger partial charge in [-0.05, 0) is 44.4 Å². The summed E-state index contributed by atoms with van der Waals surface area (Å²) in [7, 11) is 0. The first kappa shape index (κ1) is 13.2. The van der Waals surface area contributed by atoms with Crippen molar-refractivity contribution < 1.29 is 9.53 Å². The molecule has 3 atom stereocenters. The van der Waals surface area contributed by atoms with Crippen LogP contribution in [-0.2, 0) is 9.53 Å². The molecule has 2 heterocycles. The fraction of sp³-hybridized carbons (Fsp3) is 0.923. The number of hydrogen-bond donors (Lipinski definition) is 1. The predicted octanol–water partition coefficient (Wildman–Crippen LogP) is 2.47. The largest absolute Gasteiger partial charge is 0.376 e. The molecule has 1 N–H and O–H groups in total. The van der Waals surface area contributed by atoms with Crippen LogP contribution in [0.15, 0.2) is 0 Å². The van der Waals surface area contributed by atoms with Crippen molar-refractivity contribution in [2.75, 3.05) is 12.5 Å². The number of fused-ring (bicyclic) bond motifs is 4. The van der Waals surface area contributed by atoms with Crippen LogP contribution in [0.5, 0.6) is 0 Å². The molecular weight excluding hydrogens is 238 g/mol. The summed E-state index contributed by atoms with van der Waals surface area (Å²) in [4.78, 5) is 11.8. The van der Waals surface area contributed by atoms with Crippen LogP contribution in [0.25, 0.3) is 0 Å². The summed E-state index contributed by atoms with van der Waals surface area (Å²) in [6.07, 6.45) is 7.31. The topological polar surface area (TPSA) is 38.3 Å². The highest BCUT2D eigenvalue weighted by Gasteiger charge is 2.33. The van der Waals surface area contributed by atoms with E-state index in [1.165, 1.54) is 12.8 Å². The zero-order chi connectivity index (χ0) is 12.1.